The van der Waals surface area contributed by atoms with E-state index in [2.05, 4.69) is 19.2 Å². The maximum absolute atomic E-state index is 10.7. The van der Waals surface area contributed by atoms with Gasteiger partial charge in [0.15, 0.2) is 0 Å². The second-order valence-corrected chi connectivity index (χ2v) is 3.37. The summed E-state index contributed by atoms with van der Waals surface area (Å²) < 4.78 is 5.29. The lowest BCUT2D eigenvalue weighted by Gasteiger charge is -2.24. The number of hydrogen-bond donors (Lipinski definition) is 1. The van der Waals surface area contributed by atoms with Gasteiger partial charge in [-0.1, -0.05) is 13.8 Å². The third kappa shape index (κ3) is 2.89. The quantitative estimate of drug-likeness (QED) is 0.635. The molecule has 0 radical (unpaired) electrons. The Bertz CT molecular complexity index is 135. The Morgan fingerprint density at radius 1 is 1.73 bits per heavy atom. The fourth-order valence-electron chi connectivity index (χ4n) is 1.21. The molecule has 11 heavy (non-hydrogen) atoms. The number of hydrogen-bond acceptors (Lipinski definition) is 2. The Morgan fingerprint density at radius 3 is 2.91 bits per heavy atom. The fraction of sp³-hybridized carbons (Fsp3) is 0.875. The van der Waals surface area contributed by atoms with Crippen LogP contribution in [0.5, 0.6) is 0 Å². The number of carbonyl (C=O) groups is 1. The summed E-state index contributed by atoms with van der Waals surface area (Å²) in [6, 6.07) is 0. The molecule has 0 aromatic carbocycles. The van der Waals surface area contributed by atoms with E-state index in [1.54, 1.807) is 0 Å². The van der Waals surface area contributed by atoms with Gasteiger partial charge in [0.05, 0.1) is 6.10 Å². The monoisotopic (exact) mass is 157 g/mol. The zero-order valence-corrected chi connectivity index (χ0v) is 7.09. The summed E-state index contributed by atoms with van der Waals surface area (Å²) in [7, 11) is 0. The van der Waals surface area contributed by atoms with E-state index >= 15 is 0 Å². The van der Waals surface area contributed by atoms with Gasteiger partial charge >= 0.3 is 0 Å². The highest BCUT2D eigenvalue weighted by Gasteiger charge is 2.18. The summed E-state index contributed by atoms with van der Waals surface area (Å²) in [6.07, 6.45) is 1.26. The molecule has 1 atom stereocenters. The van der Waals surface area contributed by atoms with Gasteiger partial charge in [-0.15, -0.1) is 0 Å². The van der Waals surface area contributed by atoms with E-state index < -0.39 is 0 Å². The zero-order valence-electron chi connectivity index (χ0n) is 7.09. The molecule has 64 valence electrons. The van der Waals surface area contributed by atoms with Crippen LogP contribution in [0.25, 0.3) is 0 Å². The number of amides is 1. The van der Waals surface area contributed by atoms with E-state index in [-0.39, 0.29) is 18.6 Å². The summed E-state index contributed by atoms with van der Waals surface area (Å²) in [5.41, 5.74) is 0. The van der Waals surface area contributed by atoms with Crippen molar-refractivity contribution in [3.8, 4) is 0 Å². The summed E-state index contributed by atoms with van der Waals surface area (Å²) >= 11 is 0. The predicted octanol–water partition coefficient (Wildman–Crippen LogP) is 0.547. The zero-order chi connectivity index (χ0) is 8.27. The van der Waals surface area contributed by atoms with Crippen LogP contribution in [0.15, 0.2) is 0 Å². The van der Waals surface area contributed by atoms with E-state index in [4.69, 9.17) is 4.74 Å². The van der Waals surface area contributed by atoms with E-state index in [0.29, 0.717) is 12.5 Å². The van der Waals surface area contributed by atoms with Gasteiger partial charge in [0, 0.05) is 6.54 Å². The van der Waals surface area contributed by atoms with E-state index in [0.717, 1.165) is 6.42 Å². The summed E-state index contributed by atoms with van der Waals surface area (Å²) in [5.74, 6) is 0.639. The van der Waals surface area contributed by atoms with Gasteiger partial charge in [-0.3, -0.25) is 4.79 Å². The molecule has 1 aliphatic rings. The highest BCUT2D eigenvalue weighted by Crippen LogP contribution is 2.09. The van der Waals surface area contributed by atoms with Gasteiger partial charge in [0.2, 0.25) is 5.91 Å². The minimum atomic E-state index is 0.00464. The van der Waals surface area contributed by atoms with Crippen LogP contribution in [-0.4, -0.2) is 25.2 Å². The van der Waals surface area contributed by atoms with Crippen LogP contribution >= 0.6 is 0 Å². The average Bonchev–Trinajstić information content (AvgIpc) is 1.93. The Morgan fingerprint density at radius 2 is 2.45 bits per heavy atom. The van der Waals surface area contributed by atoms with Crippen molar-refractivity contribution in [3.63, 3.8) is 0 Å². The van der Waals surface area contributed by atoms with Crippen LogP contribution in [0.4, 0.5) is 0 Å². The fourth-order valence-corrected chi connectivity index (χ4v) is 1.21. The third-order valence-corrected chi connectivity index (χ3v) is 1.71. The van der Waals surface area contributed by atoms with Crippen LogP contribution in [0, 0.1) is 5.92 Å². The van der Waals surface area contributed by atoms with Crippen molar-refractivity contribution >= 4 is 5.91 Å². The number of ether oxygens (including phenoxy) is 1. The van der Waals surface area contributed by atoms with Gasteiger partial charge in [-0.25, -0.2) is 0 Å². The van der Waals surface area contributed by atoms with Crippen molar-refractivity contribution in [1.82, 2.24) is 5.32 Å². The minimum Gasteiger partial charge on any atom is -0.367 e. The molecule has 0 saturated carbocycles. The molecule has 0 spiro atoms. The molecule has 3 heteroatoms. The molecule has 1 saturated heterocycles. The number of nitrogens with one attached hydrogen (secondary N) is 1. The molecule has 3 nitrogen and oxygen atoms in total. The Labute approximate surface area is 67.1 Å². The topological polar surface area (TPSA) is 38.3 Å². The maximum Gasteiger partial charge on any atom is 0.246 e. The van der Waals surface area contributed by atoms with Crippen LogP contribution in [0.2, 0.25) is 0 Å². The first-order valence-electron chi connectivity index (χ1n) is 4.07. The molecule has 1 amide bonds. The molecule has 0 bridgehead atoms. The predicted molar refractivity (Wildman–Crippen MR) is 42.2 cm³/mol. The van der Waals surface area contributed by atoms with E-state index in [1.807, 2.05) is 0 Å². The average molecular weight is 157 g/mol. The molecule has 1 aliphatic heterocycles. The standard InChI is InChI=1S/C8H15NO2/c1-6(2)3-7-4-9-8(10)5-11-7/h6-7H,3-5H2,1-2H3,(H,9,10)/t7-/m0/s1. The lowest BCUT2D eigenvalue weighted by molar-refractivity contribution is -0.133. The molecule has 0 unspecified atom stereocenters. The number of carbonyl (C=O) groups excluding carboxylic acids is 1. The summed E-state index contributed by atoms with van der Waals surface area (Å²) in [6.45, 7) is 5.22. The molecule has 1 fully saturated rings. The first-order chi connectivity index (χ1) is 5.18. The van der Waals surface area contributed by atoms with Crippen molar-refractivity contribution in [2.75, 3.05) is 13.2 Å². The first kappa shape index (κ1) is 8.53. The van der Waals surface area contributed by atoms with Crippen molar-refractivity contribution in [2.45, 2.75) is 26.4 Å². The molecule has 1 rings (SSSR count). The first-order valence-corrected chi connectivity index (χ1v) is 4.07. The van der Waals surface area contributed by atoms with Crippen LogP contribution in [0.1, 0.15) is 20.3 Å². The summed E-state index contributed by atoms with van der Waals surface area (Å²) in [5, 5.41) is 2.77. The second kappa shape index (κ2) is 3.72. The normalized spacial score (nSPS) is 25.4. The molecule has 1 N–H and O–H groups in total. The SMILES string of the molecule is CC(C)C[C@H]1CNC(=O)CO1. The van der Waals surface area contributed by atoms with Crippen molar-refractivity contribution < 1.29 is 9.53 Å². The van der Waals surface area contributed by atoms with Crippen LogP contribution < -0.4 is 5.32 Å². The molecular weight excluding hydrogens is 142 g/mol. The molecule has 0 aromatic rings. The minimum absolute atomic E-state index is 0.00464. The van der Waals surface area contributed by atoms with Gasteiger partial charge in [-0.2, -0.15) is 0 Å². The number of morpholine rings is 1. The largest absolute Gasteiger partial charge is 0.367 e. The van der Waals surface area contributed by atoms with Crippen molar-refractivity contribution in [2.24, 2.45) is 5.92 Å². The van der Waals surface area contributed by atoms with Gasteiger partial charge in [0.1, 0.15) is 6.61 Å². The van der Waals surface area contributed by atoms with Crippen LogP contribution in [0.3, 0.4) is 0 Å². The van der Waals surface area contributed by atoms with Gasteiger partial charge < -0.3 is 10.1 Å². The Kier molecular flexibility index (Phi) is 2.88. The van der Waals surface area contributed by atoms with E-state index in [1.165, 1.54) is 0 Å². The van der Waals surface area contributed by atoms with Gasteiger partial charge in [0.25, 0.3) is 0 Å². The van der Waals surface area contributed by atoms with Gasteiger partial charge in [-0.05, 0) is 12.3 Å². The Hall–Kier alpha value is -0.570. The van der Waals surface area contributed by atoms with Crippen molar-refractivity contribution in [3.05, 3.63) is 0 Å². The molecule has 0 aromatic heterocycles. The highest BCUT2D eigenvalue weighted by molar-refractivity contribution is 5.77. The van der Waals surface area contributed by atoms with Crippen molar-refractivity contribution in [1.29, 1.82) is 0 Å². The highest BCUT2D eigenvalue weighted by atomic mass is 16.5. The molecule has 0 aliphatic carbocycles. The number of rotatable bonds is 2. The third-order valence-electron chi connectivity index (χ3n) is 1.71. The lowest BCUT2D eigenvalue weighted by atomic mass is 10.1. The summed E-state index contributed by atoms with van der Waals surface area (Å²) in [4.78, 5) is 10.7. The molecule has 1 heterocycles. The van der Waals surface area contributed by atoms with Crippen LogP contribution in [-0.2, 0) is 9.53 Å². The lowest BCUT2D eigenvalue weighted by Crippen LogP contribution is -2.43. The smallest absolute Gasteiger partial charge is 0.246 e. The Balaban J connectivity index is 2.22. The second-order valence-electron chi connectivity index (χ2n) is 3.37. The maximum atomic E-state index is 10.7. The molecular formula is C8H15NO2. The van der Waals surface area contributed by atoms with E-state index in [9.17, 15) is 4.79 Å².